The lowest BCUT2D eigenvalue weighted by Gasteiger charge is -2.16. The van der Waals surface area contributed by atoms with E-state index in [-0.39, 0.29) is 5.69 Å². The zero-order valence-electron chi connectivity index (χ0n) is 19.4. The molecule has 0 saturated carbocycles. The van der Waals surface area contributed by atoms with Gasteiger partial charge in [-0.1, -0.05) is 18.2 Å². The van der Waals surface area contributed by atoms with E-state index < -0.39 is 5.41 Å². The highest BCUT2D eigenvalue weighted by atomic mass is 16.1. The van der Waals surface area contributed by atoms with Gasteiger partial charge >= 0.3 is 5.69 Å². The molecule has 8 nitrogen and oxygen atoms in total. The number of aromatic amines is 1. The lowest BCUT2D eigenvalue weighted by Crippen LogP contribution is -2.21. The van der Waals surface area contributed by atoms with Crippen LogP contribution in [0.3, 0.4) is 0 Å². The Bertz CT molecular complexity index is 1860. The maximum Gasteiger partial charge on any atom is 0.334 e. The first-order valence-corrected chi connectivity index (χ1v) is 11.2. The molecule has 2 aromatic carbocycles. The van der Waals surface area contributed by atoms with E-state index >= 15 is 0 Å². The van der Waals surface area contributed by atoms with Gasteiger partial charge in [0.1, 0.15) is 11.2 Å². The summed E-state index contributed by atoms with van der Waals surface area (Å²) in [5.74, 6) is 0. The minimum atomic E-state index is -0.621. The molecule has 0 radical (unpaired) electrons. The fourth-order valence-corrected chi connectivity index (χ4v) is 4.47. The second kappa shape index (κ2) is 7.37. The third kappa shape index (κ3) is 3.13. The summed E-state index contributed by atoms with van der Waals surface area (Å²) in [5.41, 5.74) is 5.41. The minimum Gasteiger partial charge on any atom is -0.346 e. The van der Waals surface area contributed by atoms with Gasteiger partial charge in [0.15, 0.2) is 5.65 Å². The molecule has 0 aliphatic carbocycles. The van der Waals surface area contributed by atoms with Crippen molar-refractivity contribution in [3.63, 3.8) is 0 Å². The number of H-pyrrole nitrogens is 1. The molecule has 0 spiro atoms. The molecule has 35 heavy (non-hydrogen) atoms. The Morgan fingerprint density at radius 2 is 1.80 bits per heavy atom. The summed E-state index contributed by atoms with van der Waals surface area (Å²) in [6.07, 6.45) is 3.70. The Kier molecular flexibility index (Phi) is 4.38. The molecule has 0 amide bonds. The number of nitriles is 1. The summed E-state index contributed by atoms with van der Waals surface area (Å²) >= 11 is 0. The van der Waals surface area contributed by atoms with Crippen molar-refractivity contribution in [3.05, 3.63) is 83.0 Å². The molecular weight excluding hydrogens is 438 g/mol. The molecule has 0 aliphatic rings. The molecule has 6 aromatic rings. The van der Waals surface area contributed by atoms with E-state index in [1.165, 1.54) is 4.57 Å². The number of imidazole rings is 1. The monoisotopic (exact) mass is 459 g/mol. The number of hydrogen-bond acceptors (Lipinski definition) is 5. The van der Waals surface area contributed by atoms with Crippen molar-refractivity contribution < 1.29 is 0 Å². The second-order valence-electron chi connectivity index (χ2n) is 9.20. The van der Waals surface area contributed by atoms with Gasteiger partial charge in [0.05, 0.1) is 22.7 Å². The van der Waals surface area contributed by atoms with Gasteiger partial charge in [-0.05, 0) is 61.4 Å². The normalized spacial score (nSPS) is 11.9. The molecule has 0 bridgehead atoms. The number of nitrogens with zero attached hydrogens (tertiary/aromatic N) is 6. The average molecular weight is 460 g/mol. The zero-order chi connectivity index (χ0) is 24.3. The molecule has 0 saturated heterocycles. The first-order chi connectivity index (χ1) is 16.9. The van der Waals surface area contributed by atoms with Crippen molar-refractivity contribution in [1.29, 1.82) is 5.26 Å². The highest BCUT2D eigenvalue weighted by Crippen LogP contribution is 2.30. The van der Waals surface area contributed by atoms with Gasteiger partial charge in [-0.2, -0.15) is 5.26 Å². The van der Waals surface area contributed by atoms with Crippen molar-refractivity contribution in [2.45, 2.75) is 19.3 Å². The van der Waals surface area contributed by atoms with Gasteiger partial charge in [-0.15, -0.1) is 10.2 Å². The lowest BCUT2D eigenvalue weighted by molar-refractivity contribution is 0.686. The van der Waals surface area contributed by atoms with E-state index in [4.69, 9.17) is 0 Å². The fraction of sp³-hybridized carbons (Fsp3) is 0.148. The molecule has 0 atom stereocenters. The van der Waals surface area contributed by atoms with Crippen LogP contribution < -0.4 is 5.69 Å². The lowest BCUT2D eigenvalue weighted by atomic mass is 9.86. The van der Waals surface area contributed by atoms with E-state index in [9.17, 15) is 10.1 Å². The topological polar surface area (TPSA) is 105 Å². The van der Waals surface area contributed by atoms with Gasteiger partial charge in [-0.3, -0.25) is 9.13 Å². The standard InChI is InChI=1S/C27H21N7O/c1-27(2,15-28)19-5-7-20(8-6-19)34-23-21-13-16(18-12-17-10-11-29-24(17)30-14-18)4-9-22(21)31-32-25(23)33(3)26(34)35/h4-14H,1-3H3,(H,29,30). The average Bonchev–Trinajstić information content (AvgIpc) is 3.46. The van der Waals surface area contributed by atoms with Crippen LogP contribution in [-0.4, -0.2) is 29.3 Å². The van der Waals surface area contributed by atoms with Gasteiger partial charge in [0, 0.05) is 35.8 Å². The highest BCUT2D eigenvalue weighted by molar-refractivity contribution is 6.03. The van der Waals surface area contributed by atoms with Crippen molar-refractivity contribution in [3.8, 4) is 22.9 Å². The Morgan fingerprint density at radius 3 is 2.57 bits per heavy atom. The summed E-state index contributed by atoms with van der Waals surface area (Å²) in [7, 11) is 1.70. The largest absolute Gasteiger partial charge is 0.346 e. The molecule has 4 heterocycles. The van der Waals surface area contributed by atoms with Crippen molar-refractivity contribution in [2.75, 3.05) is 0 Å². The maximum absolute atomic E-state index is 13.3. The quantitative estimate of drug-likeness (QED) is 0.416. The van der Waals surface area contributed by atoms with Crippen LogP contribution in [0.15, 0.2) is 71.8 Å². The molecular formula is C27H21N7O. The van der Waals surface area contributed by atoms with Gasteiger partial charge in [0.25, 0.3) is 0 Å². The van der Waals surface area contributed by atoms with Crippen LogP contribution in [-0.2, 0) is 12.5 Å². The smallest absolute Gasteiger partial charge is 0.334 e. The molecule has 0 aliphatic heterocycles. The molecule has 0 unspecified atom stereocenters. The Morgan fingerprint density at radius 1 is 1.00 bits per heavy atom. The predicted molar refractivity (Wildman–Crippen MR) is 135 cm³/mol. The van der Waals surface area contributed by atoms with Crippen molar-refractivity contribution in [1.82, 2.24) is 29.3 Å². The first-order valence-electron chi connectivity index (χ1n) is 11.2. The number of hydrogen-bond donors (Lipinski definition) is 1. The second-order valence-corrected chi connectivity index (χ2v) is 9.20. The summed E-state index contributed by atoms with van der Waals surface area (Å²) in [6.45, 7) is 3.74. The van der Waals surface area contributed by atoms with Crippen LogP contribution in [0.25, 0.3) is 49.9 Å². The van der Waals surface area contributed by atoms with Crippen molar-refractivity contribution >= 4 is 33.1 Å². The summed E-state index contributed by atoms with van der Waals surface area (Å²) in [6, 6.07) is 19.9. The number of nitrogens with one attached hydrogen (secondary N) is 1. The van der Waals surface area contributed by atoms with E-state index in [0.717, 1.165) is 33.1 Å². The van der Waals surface area contributed by atoms with Crippen LogP contribution in [0.5, 0.6) is 0 Å². The van der Waals surface area contributed by atoms with E-state index in [1.807, 2.05) is 74.8 Å². The van der Waals surface area contributed by atoms with Crippen molar-refractivity contribution in [2.24, 2.45) is 7.05 Å². The molecule has 170 valence electrons. The minimum absolute atomic E-state index is 0.213. The third-order valence-electron chi connectivity index (χ3n) is 6.60. The Hall–Kier alpha value is -4.77. The maximum atomic E-state index is 13.3. The number of benzene rings is 2. The third-order valence-corrected chi connectivity index (χ3v) is 6.60. The summed E-state index contributed by atoms with van der Waals surface area (Å²) in [5, 5.41) is 20.1. The van der Waals surface area contributed by atoms with Gasteiger partial charge in [0.2, 0.25) is 0 Å². The van der Waals surface area contributed by atoms with Crippen LogP contribution in [0.1, 0.15) is 19.4 Å². The Labute approximate surface area is 200 Å². The fourth-order valence-electron chi connectivity index (χ4n) is 4.47. The van der Waals surface area contributed by atoms with E-state index in [0.29, 0.717) is 22.4 Å². The van der Waals surface area contributed by atoms with Crippen LogP contribution >= 0.6 is 0 Å². The highest BCUT2D eigenvalue weighted by Gasteiger charge is 2.21. The number of fused-ring (bicyclic) bond motifs is 4. The summed E-state index contributed by atoms with van der Waals surface area (Å²) in [4.78, 5) is 21.0. The predicted octanol–water partition coefficient (Wildman–Crippen LogP) is 4.62. The van der Waals surface area contributed by atoms with Crippen LogP contribution in [0, 0.1) is 11.3 Å². The number of rotatable bonds is 3. The van der Waals surface area contributed by atoms with E-state index in [1.54, 1.807) is 11.6 Å². The number of aryl methyl sites for hydroxylation is 1. The number of aromatic nitrogens is 6. The first kappa shape index (κ1) is 20.8. The van der Waals surface area contributed by atoms with Gasteiger partial charge in [-0.25, -0.2) is 9.78 Å². The van der Waals surface area contributed by atoms with Crippen LogP contribution in [0.2, 0.25) is 0 Å². The molecule has 0 fully saturated rings. The SMILES string of the molecule is Cn1c(=O)n(-c2ccc(C(C)(C)C#N)cc2)c2c3cc(-c4cnc5[nH]ccc5c4)ccc3nnc21. The van der Waals surface area contributed by atoms with E-state index in [2.05, 4.69) is 32.3 Å². The molecule has 1 N–H and O–H groups in total. The molecule has 4 aromatic heterocycles. The number of pyridine rings is 1. The van der Waals surface area contributed by atoms with Gasteiger partial charge < -0.3 is 4.98 Å². The summed E-state index contributed by atoms with van der Waals surface area (Å²) < 4.78 is 3.17. The molecule has 8 heteroatoms. The zero-order valence-corrected chi connectivity index (χ0v) is 19.4. The van der Waals surface area contributed by atoms with Crippen LogP contribution in [0.4, 0.5) is 0 Å². The molecule has 6 rings (SSSR count). The Balaban J connectivity index is 1.60.